The minimum absolute atomic E-state index is 0.0989. The molecule has 37 heavy (non-hydrogen) atoms. The third-order valence-corrected chi connectivity index (χ3v) is 9.41. The Hall–Kier alpha value is -3.60. The SMILES string of the molecule is CC1(C)N=C2N(c3ccc(-c4nc5ccccc5n4-c4ccccc4)cc3)C(C)(C)C(C)(C)N2C1(C)C. The summed E-state index contributed by atoms with van der Waals surface area (Å²) in [7, 11) is 0. The third kappa shape index (κ3) is 3.09. The second-order valence-electron chi connectivity index (χ2n) is 12.5. The van der Waals surface area contributed by atoms with Gasteiger partial charge in [-0.05, 0) is 104 Å². The molecule has 0 spiro atoms. The van der Waals surface area contributed by atoms with Crippen LogP contribution in [0.15, 0.2) is 83.9 Å². The molecule has 1 saturated heterocycles. The van der Waals surface area contributed by atoms with E-state index >= 15 is 0 Å². The Morgan fingerprint density at radius 3 is 1.89 bits per heavy atom. The molecule has 190 valence electrons. The van der Waals surface area contributed by atoms with Gasteiger partial charge in [-0.3, -0.25) is 4.57 Å². The van der Waals surface area contributed by atoms with Gasteiger partial charge in [0.2, 0.25) is 5.96 Å². The molecule has 4 aromatic rings. The summed E-state index contributed by atoms with van der Waals surface area (Å²) in [6, 6.07) is 27.7. The first-order valence-corrected chi connectivity index (χ1v) is 13.2. The lowest BCUT2D eigenvalue weighted by molar-refractivity contribution is 0.0529. The fourth-order valence-electron chi connectivity index (χ4n) is 6.11. The van der Waals surface area contributed by atoms with Crippen molar-refractivity contribution in [3.05, 3.63) is 78.9 Å². The number of hydrogen-bond acceptors (Lipinski definition) is 4. The van der Waals surface area contributed by atoms with Gasteiger partial charge in [0, 0.05) is 16.9 Å². The predicted molar refractivity (Wildman–Crippen MR) is 155 cm³/mol. The highest BCUT2D eigenvalue weighted by atomic mass is 15.6. The van der Waals surface area contributed by atoms with E-state index in [0.717, 1.165) is 39.8 Å². The molecule has 5 heteroatoms. The summed E-state index contributed by atoms with van der Waals surface area (Å²) < 4.78 is 2.25. The maximum atomic E-state index is 5.30. The number of fused-ring (bicyclic) bond motifs is 2. The van der Waals surface area contributed by atoms with Gasteiger partial charge < -0.3 is 9.80 Å². The van der Waals surface area contributed by atoms with Crippen LogP contribution in [0.3, 0.4) is 0 Å². The molecule has 0 bridgehead atoms. The number of aliphatic imine (C=N–C) groups is 1. The Kier molecular flexibility index (Phi) is 4.80. The summed E-state index contributed by atoms with van der Waals surface area (Å²) >= 11 is 0. The van der Waals surface area contributed by atoms with Gasteiger partial charge in [-0.25, -0.2) is 9.98 Å². The summed E-state index contributed by atoms with van der Waals surface area (Å²) in [4.78, 5) is 15.3. The van der Waals surface area contributed by atoms with Gasteiger partial charge >= 0.3 is 0 Å². The van der Waals surface area contributed by atoms with Crippen molar-refractivity contribution in [1.29, 1.82) is 0 Å². The van der Waals surface area contributed by atoms with Crippen LogP contribution in [0.4, 0.5) is 5.69 Å². The molecular weight excluding hydrogens is 454 g/mol. The molecule has 1 aromatic heterocycles. The van der Waals surface area contributed by atoms with Crippen LogP contribution in [0.2, 0.25) is 0 Å². The van der Waals surface area contributed by atoms with Crippen molar-refractivity contribution < 1.29 is 0 Å². The molecule has 3 aromatic carbocycles. The molecule has 0 unspecified atom stereocenters. The number of para-hydroxylation sites is 3. The largest absolute Gasteiger partial charge is 0.327 e. The summed E-state index contributed by atoms with van der Waals surface area (Å²) in [6.45, 7) is 18.5. The number of anilines is 1. The smallest absolute Gasteiger partial charge is 0.203 e. The van der Waals surface area contributed by atoms with E-state index in [0.29, 0.717) is 0 Å². The van der Waals surface area contributed by atoms with E-state index in [9.17, 15) is 0 Å². The van der Waals surface area contributed by atoms with Crippen molar-refractivity contribution in [2.75, 3.05) is 4.90 Å². The molecule has 6 rings (SSSR count). The van der Waals surface area contributed by atoms with Crippen molar-refractivity contribution in [2.45, 2.75) is 77.5 Å². The maximum absolute atomic E-state index is 5.30. The summed E-state index contributed by atoms with van der Waals surface area (Å²) in [5.74, 6) is 2.01. The summed E-state index contributed by atoms with van der Waals surface area (Å²) in [5, 5.41) is 0. The zero-order chi connectivity index (χ0) is 26.4. The molecule has 2 aliphatic rings. The quantitative estimate of drug-likeness (QED) is 0.302. The molecule has 5 nitrogen and oxygen atoms in total. The average Bonchev–Trinajstić information content (AvgIpc) is 3.37. The highest BCUT2D eigenvalue weighted by Gasteiger charge is 2.65. The fourth-order valence-corrected chi connectivity index (χ4v) is 6.11. The minimum Gasteiger partial charge on any atom is -0.327 e. The maximum Gasteiger partial charge on any atom is 0.203 e. The van der Waals surface area contributed by atoms with Crippen LogP contribution in [-0.4, -0.2) is 42.6 Å². The number of aromatic nitrogens is 2. The standard InChI is InChI=1S/C32H37N5/c1-29(2)30(3,4)37-28(34-29)36(31(5,6)32(37,7)8)24-20-18-22(19-21-24)27-33-25-16-12-13-17-26(25)35(27)23-14-10-9-11-15-23/h9-21H,1-8H3. The Morgan fingerprint density at radius 1 is 0.595 bits per heavy atom. The van der Waals surface area contributed by atoms with E-state index in [1.165, 1.54) is 0 Å². The number of guanidine groups is 1. The van der Waals surface area contributed by atoms with Crippen molar-refractivity contribution in [1.82, 2.24) is 14.5 Å². The van der Waals surface area contributed by atoms with Gasteiger partial charge in [0.05, 0.1) is 33.2 Å². The van der Waals surface area contributed by atoms with Crippen LogP contribution >= 0.6 is 0 Å². The Labute approximate surface area is 220 Å². The molecule has 0 N–H and O–H groups in total. The van der Waals surface area contributed by atoms with E-state index in [2.05, 4.69) is 136 Å². The highest BCUT2D eigenvalue weighted by Crippen LogP contribution is 2.53. The van der Waals surface area contributed by atoms with Gasteiger partial charge in [0.25, 0.3) is 0 Å². The monoisotopic (exact) mass is 491 g/mol. The van der Waals surface area contributed by atoms with E-state index in [1.54, 1.807) is 0 Å². The molecule has 0 atom stereocenters. The minimum atomic E-state index is -0.186. The first-order valence-electron chi connectivity index (χ1n) is 13.2. The van der Waals surface area contributed by atoms with E-state index < -0.39 is 0 Å². The van der Waals surface area contributed by atoms with Crippen molar-refractivity contribution in [3.8, 4) is 17.1 Å². The zero-order valence-corrected chi connectivity index (χ0v) is 23.2. The molecule has 1 fully saturated rings. The normalized spacial score (nSPS) is 20.8. The number of hydrogen-bond donors (Lipinski definition) is 0. The van der Waals surface area contributed by atoms with Gasteiger partial charge in [-0.1, -0.05) is 30.3 Å². The Balaban J connectivity index is 1.47. The molecule has 3 heterocycles. The number of imidazole rings is 1. The summed E-state index contributed by atoms with van der Waals surface area (Å²) in [5.41, 5.74) is 4.90. The van der Waals surface area contributed by atoms with Crippen LogP contribution in [0.25, 0.3) is 28.1 Å². The zero-order valence-electron chi connectivity index (χ0n) is 23.2. The second kappa shape index (κ2) is 7.47. The van der Waals surface area contributed by atoms with Crippen LogP contribution in [-0.2, 0) is 0 Å². The highest BCUT2D eigenvalue weighted by molar-refractivity contribution is 6.03. The lowest BCUT2D eigenvalue weighted by Crippen LogP contribution is -2.62. The Morgan fingerprint density at radius 2 is 1.22 bits per heavy atom. The van der Waals surface area contributed by atoms with Crippen molar-refractivity contribution in [3.63, 3.8) is 0 Å². The molecule has 0 radical (unpaired) electrons. The molecule has 2 aliphatic heterocycles. The fraction of sp³-hybridized carbons (Fsp3) is 0.375. The van der Waals surface area contributed by atoms with Crippen LogP contribution < -0.4 is 4.90 Å². The van der Waals surface area contributed by atoms with E-state index in [1.807, 2.05) is 12.1 Å². The van der Waals surface area contributed by atoms with E-state index in [-0.39, 0.29) is 22.2 Å². The molecule has 0 amide bonds. The first-order chi connectivity index (χ1) is 17.4. The van der Waals surface area contributed by atoms with Crippen LogP contribution in [0, 0.1) is 0 Å². The second-order valence-corrected chi connectivity index (χ2v) is 12.5. The van der Waals surface area contributed by atoms with Gasteiger partial charge in [0.1, 0.15) is 5.82 Å². The topological polar surface area (TPSA) is 36.7 Å². The number of nitrogens with zero attached hydrogens (tertiary/aromatic N) is 5. The summed E-state index contributed by atoms with van der Waals surface area (Å²) in [6.07, 6.45) is 0. The predicted octanol–water partition coefficient (Wildman–Crippen LogP) is 7.30. The lowest BCUT2D eigenvalue weighted by Gasteiger charge is -2.50. The number of rotatable bonds is 3. The third-order valence-electron chi connectivity index (χ3n) is 9.41. The van der Waals surface area contributed by atoms with Gasteiger partial charge in [-0.15, -0.1) is 0 Å². The molecule has 0 aliphatic carbocycles. The van der Waals surface area contributed by atoms with E-state index in [4.69, 9.17) is 9.98 Å². The van der Waals surface area contributed by atoms with Crippen molar-refractivity contribution in [2.24, 2.45) is 4.99 Å². The Bertz CT molecular complexity index is 1520. The lowest BCUT2D eigenvalue weighted by atomic mass is 9.76. The average molecular weight is 492 g/mol. The molecule has 0 saturated carbocycles. The molecular formula is C32H37N5. The first kappa shape index (κ1) is 23.8. The van der Waals surface area contributed by atoms with Crippen molar-refractivity contribution >= 4 is 22.7 Å². The van der Waals surface area contributed by atoms with Crippen LogP contribution in [0.1, 0.15) is 55.4 Å². The number of benzene rings is 3. The van der Waals surface area contributed by atoms with Gasteiger partial charge in [-0.2, -0.15) is 0 Å². The van der Waals surface area contributed by atoms with Gasteiger partial charge in [0.15, 0.2) is 0 Å². The van der Waals surface area contributed by atoms with Crippen LogP contribution in [0.5, 0.6) is 0 Å².